The number of hydrogen-bond donors (Lipinski definition) is 0. The number of ether oxygens (including phenoxy) is 4. The minimum atomic E-state index is -0.223. The minimum absolute atomic E-state index is 0.0311. The van der Waals surface area contributed by atoms with Crippen LogP contribution in [-0.4, -0.2) is 63.0 Å². The quantitative estimate of drug-likeness (QED) is 0.652. The summed E-state index contributed by atoms with van der Waals surface area (Å²) in [4.78, 5) is 14.4. The average molecular weight is 377 g/mol. The fourth-order valence-corrected chi connectivity index (χ4v) is 3.67. The first-order valence-corrected chi connectivity index (χ1v) is 9.76. The summed E-state index contributed by atoms with van der Waals surface area (Å²) in [6.07, 6.45) is 2.79. The smallest absolute Gasteiger partial charge is 0.260 e. The summed E-state index contributed by atoms with van der Waals surface area (Å²) >= 11 is 0. The van der Waals surface area contributed by atoms with Crippen molar-refractivity contribution in [2.75, 3.05) is 46.6 Å². The van der Waals surface area contributed by atoms with Crippen LogP contribution in [0.15, 0.2) is 18.2 Å². The molecule has 0 N–H and O–H groups in total. The number of fused-ring (bicyclic) bond motifs is 1. The number of likely N-dealkylation sites (tertiary alicyclic amines) is 1. The fraction of sp³-hybridized carbons (Fsp3) is 0.667. The summed E-state index contributed by atoms with van der Waals surface area (Å²) < 4.78 is 22.4. The first-order chi connectivity index (χ1) is 13.0. The minimum Gasteiger partial charge on any atom is -0.483 e. The van der Waals surface area contributed by atoms with Gasteiger partial charge in [0.25, 0.3) is 5.91 Å². The summed E-state index contributed by atoms with van der Waals surface area (Å²) in [6, 6.07) is 5.88. The van der Waals surface area contributed by atoms with E-state index in [1.54, 1.807) is 7.11 Å². The maximum Gasteiger partial charge on any atom is 0.260 e. The molecule has 0 radical (unpaired) electrons. The van der Waals surface area contributed by atoms with Gasteiger partial charge >= 0.3 is 0 Å². The standard InChI is InChI=1S/C21H31NO5/c1-21(2)13-17-5-4-6-18(20(17)27-21)26-15-19(23)22-9-7-16(8-10-22)14-25-12-11-24-3/h4-6,16H,7-15H2,1-3H3. The zero-order valence-electron chi connectivity index (χ0n) is 16.7. The van der Waals surface area contributed by atoms with Gasteiger partial charge in [-0.15, -0.1) is 0 Å². The molecule has 1 saturated heterocycles. The number of amides is 1. The zero-order valence-corrected chi connectivity index (χ0v) is 16.7. The van der Waals surface area contributed by atoms with Crippen LogP contribution in [0.4, 0.5) is 0 Å². The molecule has 0 saturated carbocycles. The first-order valence-electron chi connectivity index (χ1n) is 9.76. The molecule has 1 aromatic rings. The Morgan fingerprint density at radius 3 is 2.78 bits per heavy atom. The third-order valence-corrected chi connectivity index (χ3v) is 5.16. The molecule has 0 unspecified atom stereocenters. The molecule has 1 fully saturated rings. The number of methoxy groups -OCH3 is 1. The van der Waals surface area contributed by atoms with Crippen molar-refractivity contribution in [2.24, 2.45) is 5.92 Å². The Hall–Kier alpha value is -1.79. The largest absolute Gasteiger partial charge is 0.483 e. The third-order valence-electron chi connectivity index (χ3n) is 5.16. The third kappa shape index (κ3) is 5.36. The molecule has 0 aliphatic carbocycles. The van der Waals surface area contributed by atoms with E-state index in [1.165, 1.54) is 0 Å². The van der Waals surface area contributed by atoms with E-state index in [9.17, 15) is 4.79 Å². The number of para-hydroxylation sites is 1. The number of hydrogen-bond acceptors (Lipinski definition) is 5. The highest BCUT2D eigenvalue weighted by atomic mass is 16.5. The molecule has 6 nitrogen and oxygen atoms in total. The van der Waals surface area contributed by atoms with Gasteiger partial charge in [-0.2, -0.15) is 0 Å². The Balaban J connectivity index is 1.43. The molecule has 2 aliphatic rings. The highest BCUT2D eigenvalue weighted by molar-refractivity contribution is 5.78. The van der Waals surface area contributed by atoms with Crippen molar-refractivity contribution in [3.05, 3.63) is 23.8 Å². The molecule has 2 heterocycles. The first kappa shape index (κ1) is 20.0. The molecular formula is C21H31NO5. The van der Waals surface area contributed by atoms with Gasteiger partial charge in [-0.3, -0.25) is 4.79 Å². The van der Waals surface area contributed by atoms with Gasteiger partial charge in [0.15, 0.2) is 18.1 Å². The Kier molecular flexibility index (Phi) is 6.60. The van der Waals surface area contributed by atoms with Crippen molar-refractivity contribution in [2.45, 2.75) is 38.7 Å². The normalized spacial score (nSPS) is 18.9. The molecule has 0 bridgehead atoms. The van der Waals surface area contributed by atoms with Gasteiger partial charge in [-0.25, -0.2) is 0 Å². The molecule has 1 amide bonds. The highest BCUT2D eigenvalue weighted by Crippen LogP contribution is 2.41. The highest BCUT2D eigenvalue weighted by Gasteiger charge is 2.32. The second-order valence-corrected chi connectivity index (χ2v) is 7.96. The predicted octanol–water partition coefficient (Wildman–Crippen LogP) is 2.68. The van der Waals surface area contributed by atoms with E-state index in [2.05, 4.69) is 19.9 Å². The van der Waals surface area contributed by atoms with Gasteiger partial charge in [-0.05, 0) is 38.7 Å². The van der Waals surface area contributed by atoms with Crippen molar-refractivity contribution in [3.8, 4) is 11.5 Å². The summed E-state index contributed by atoms with van der Waals surface area (Å²) in [5.74, 6) is 1.98. The second kappa shape index (κ2) is 8.93. The van der Waals surface area contributed by atoms with Gasteiger partial charge in [0.1, 0.15) is 5.60 Å². The lowest BCUT2D eigenvalue weighted by Gasteiger charge is -2.31. The van der Waals surface area contributed by atoms with Crippen LogP contribution < -0.4 is 9.47 Å². The summed E-state index contributed by atoms with van der Waals surface area (Å²) in [5, 5.41) is 0. The number of piperidine rings is 1. The van der Waals surface area contributed by atoms with Crippen molar-refractivity contribution in [1.29, 1.82) is 0 Å². The van der Waals surface area contributed by atoms with Crippen molar-refractivity contribution >= 4 is 5.91 Å². The molecule has 3 rings (SSSR count). The molecule has 0 spiro atoms. The van der Waals surface area contributed by atoms with Crippen molar-refractivity contribution in [3.63, 3.8) is 0 Å². The Morgan fingerprint density at radius 2 is 2.04 bits per heavy atom. The molecular weight excluding hydrogens is 346 g/mol. The van der Waals surface area contributed by atoms with E-state index < -0.39 is 0 Å². The Bertz CT molecular complexity index is 637. The molecule has 2 aliphatic heterocycles. The number of nitrogens with zero attached hydrogens (tertiary/aromatic N) is 1. The van der Waals surface area contributed by atoms with Gasteiger partial charge < -0.3 is 23.8 Å². The maximum atomic E-state index is 12.5. The molecule has 0 atom stereocenters. The van der Waals surface area contributed by atoms with Crippen LogP contribution in [0.5, 0.6) is 11.5 Å². The Labute approximate surface area is 161 Å². The lowest BCUT2D eigenvalue weighted by molar-refractivity contribution is -0.135. The molecule has 150 valence electrons. The fourth-order valence-electron chi connectivity index (χ4n) is 3.67. The molecule has 0 aromatic heterocycles. The van der Waals surface area contributed by atoms with Crippen LogP contribution in [0.1, 0.15) is 32.3 Å². The molecule has 1 aromatic carbocycles. The monoisotopic (exact) mass is 377 g/mol. The van der Waals surface area contributed by atoms with E-state index in [0.717, 1.165) is 50.3 Å². The molecule has 6 heteroatoms. The predicted molar refractivity (Wildman–Crippen MR) is 102 cm³/mol. The summed E-state index contributed by atoms with van der Waals surface area (Å²) in [7, 11) is 1.67. The van der Waals surface area contributed by atoms with E-state index in [0.29, 0.717) is 24.9 Å². The number of carbonyl (C=O) groups is 1. The number of carbonyl (C=O) groups excluding carboxylic acids is 1. The summed E-state index contributed by atoms with van der Waals surface area (Å²) in [5.41, 5.74) is 0.915. The van der Waals surface area contributed by atoms with Gasteiger partial charge in [0.2, 0.25) is 0 Å². The van der Waals surface area contributed by atoms with Crippen LogP contribution in [0.3, 0.4) is 0 Å². The number of benzene rings is 1. The van der Waals surface area contributed by atoms with E-state index in [-0.39, 0.29) is 18.1 Å². The zero-order chi connectivity index (χ0) is 19.3. The van der Waals surface area contributed by atoms with Crippen LogP contribution in [-0.2, 0) is 20.7 Å². The van der Waals surface area contributed by atoms with Crippen LogP contribution in [0.2, 0.25) is 0 Å². The SMILES string of the molecule is COCCOCC1CCN(C(=O)COc2cccc3c2OC(C)(C)C3)CC1. The van der Waals surface area contributed by atoms with E-state index in [4.69, 9.17) is 18.9 Å². The maximum absolute atomic E-state index is 12.5. The topological polar surface area (TPSA) is 57.2 Å². The lowest BCUT2D eigenvalue weighted by atomic mass is 9.98. The average Bonchev–Trinajstić information content (AvgIpc) is 2.98. The van der Waals surface area contributed by atoms with E-state index in [1.807, 2.05) is 17.0 Å². The number of rotatable bonds is 8. The van der Waals surface area contributed by atoms with Crippen LogP contribution in [0.25, 0.3) is 0 Å². The second-order valence-electron chi connectivity index (χ2n) is 7.96. The van der Waals surface area contributed by atoms with Crippen molar-refractivity contribution < 1.29 is 23.7 Å². The Morgan fingerprint density at radius 1 is 1.26 bits per heavy atom. The van der Waals surface area contributed by atoms with Gasteiger partial charge in [0.05, 0.1) is 13.2 Å². The van der Waals surface area contributed by atoms with Crippen molar-refractivity contribution in [1.82, 2.24) is 4.90 Å². The van der Waals surface area contributed by atoms with Crippen LogP contribution >= 0.6 is 0 Å². The van der Waals surface area contributed by atoms with Gasteiger partial charge in [0, 0.05) is 38.8 Å². The van der Waals surface area contributed by atoms with Crippen LogP contribution in [0, 0.1) is 5.92 Å². The van der Waals surface area contributed by atoms with E-state index >= 15 is 0 Å². The molecule has 27 heavy (non-hydrogen) atoms. The van der Waals surface area contributed by atoms with Gasteiger partial charge in [-0.1, -0.05) is 12.1 Å². The lowest BCUT2D eigenvalue weighted by Crippen LogP contribution is -2.41. The summed E-state index contributed by atoms with van der Waals surface area (Å²) in [6.45, 7) is 7.69.